The summed E-state index contributed by atoms with van der Waals surface area (Å²) in [7, 11) is 0. The van der Waals surface area contributed by atoms with Crippen molar-refractivity contribution >= 4 is 11.9 Å². The van der Waals surface area contributed by atoms with Gasteiger partial charge in [0.15, 0.2) is 0 Å². The Morgan fingerprint density at radius 1 is 1.29 bits per heavy atom. The highest BCUT2D eigenvalue weighted by Crippen LogP contribution is 2.03. The molecule has 1 aromatic heterocycles. The van der Waals surface area contributed by atoms with Gasteiger partial charge in [-0.1, -0.05) is 6.92 Å². The van der Waals surface area contributed by atoms with E-state index < -0.39 is 0 Å². The van der Waals surface area contributed by atoms with Crippen LogP contribution in [0.2, 0.25) is 0 Å². The molecule has 0 aliphatic carbocycles. The molecule has 0 saturated carbocycles. The van der Waals surface area contributed by atoms with E-state index >= 15 is 0 Å². The van der Waals surface area contributed by atoms with Crippen LogP contribution in [0.25, 0.3) is 0 Å². The number of hydrogen-bond acceptors (Lipinski definition) is 5. The van der Waals surface area contributed by atoms with Gasteiger partial charge in [0.25, 0.3) is 0 Å². The largest absolute Gasteiger partial charge is 0.314 e. The number of anilines is 1. The van der Waals surface area contributed by atoms with E-state index in [1.165, 1.54) is 0 Å². The Kier molecular flexibility index (Phi) is 4.96. The molecule has 0 radical (unpaired) electrons. The second-order valence-corrected chi connectivity index (χ2v) is 4.02. The van der Waals surface area contributed by atoms with Gasteiger partial charge in [0, 0.05) is 12.5 Å². The van der Waals surface area contributed by atoms with Crippen LogP contribution in [0.5, 0.6) is 0 Å². The summed E-state index contributed by atoms with van der Waals surface area (Å²) in [6, 6.07) is 0.138. The number of rotatable bonds is 5. The molecular formula is C11H19N5O. The molecule has 0 aromatic carbocycles. The summed E-state index contributed by atoms with van der Waals surface area (Å²) in [4.78, 5) is 15.8. The van der Waals surface area contributed by atoms with E-state index in [1.54, 1.807) is 0 Å². The van der Waals surface area contributed by atoms with E-state index in [0.29, 0.717) is 6.42 Å². The Hall–Kier alpha value is -1.56. The van der Waals surface area contributed by atoms with Crippen molar-refractivity contribution in [3.8, 4) is 0 Å². The maximum Gasteiger partial charge on any atom is 0.249 e. The fourth-order valence-electron chi connectivity index (χ4n) is 1.38. The lowest BCUT2D eigenvalue weighted by atomic mass is 10.2. The lowest BCUT2D eigenvalue weighted by Crippen LogP contribution is -2.30. The van der Waals surface area contributed by atoms with Gasteiger partial charge in [-0.05, 0) is 27.3 Å². The first-order valence-electron chi connectivity index (χ1n) is 5.74. The molecule has 0 aliphatic rings. The minimum Gasteiger partial charge on any atom is -0.314 e. The number of aromatic nitrogens is 3. The molecule has 1 heterocycles. The van der Waals surface area contributed by atoms with E-state index in [4.69, 9.17) is 0 Å². The van der Waals surface area contributed by atoms with Gasteiger partial charge in [-0.25, -0.2) is 4.98 Å². The lowest BCUT2D eigenvalue weighted by Gasteiger charge is -2.11. The van der Waals surface area contributed by atoms with Crippen LogP contribution in [0.3, 0.4) is 0 Å². The topological polar surface area (TPSA) is 79.8 Å². The Balaban J connectivity index is 2.53. The zero-order valence-corrected chi connectivity index (χ0v) is 10.7. The third-order valence-corrected chi connectivity index (χ3v) is 2.39. The Bertz CT molecular complexity index is 393. The SMILES string of the molecule is CCNC(C)CC(=O)Nc1nnc(C)c(C)n1. The summed E-state index contributed by atoms with van der Waals surface area (Å²) in [6.07, 6.45) is 0.393. The van der Waals surface area contributed by atoms with Gasteiger partial charge < -0.3 is 5.32 Å². The van der Waals surface area contributed by atoms with Crippen molar-refractivity contribution in [2.24, 2.45) is 0 Å². The molecule has 94 valence electrons. The van der Waals surface area contributed by atoms with Gasteiger partial charge in [-0.3, -0.25) is 10.1 Å². The van der Waals surface area contributed by atoms with E-state index in [-0.39, 0.29) is 17.9 Å². The van der Waals surface area contributed by atoms with Crippen molar-refractivity contribution in [3.05, 3.63) is 11.4 Å². The zero-order chi connectivity index (χ0) is 12.8. The van der Waals surface area contributed by atoms with Gasteiger partial charge in [-0.2, -0.15) is 5.10 Å². The van der Waals surface area contributed by atoms with Crippen molar-refractivity contribution in [1.29, 1.82) is 0 Å². The minimum absolute atomic E-state index is 0.108. The molecular weight excluding hydrogens is 218 g/mol. The van der Waals surface area contributed by atoms with Crippen LogP contribution >= 0.6 is 0 Å². The van der Waals surface area contributed by atoms with Crippen molar-refractivity contribution in [3.63, 3.8) is 0 Å². The molecule has 1 amide bonds. The first-order chi connectivity index (χ1) is 8.02. The molecule has 0 spiro atoms. The minimum atomic E-state index is -0.108. The number of hydrogen-bond donors (Lipinski definition) is 2. The third kappa shape index (κ3) is 4.44. The van der Waals surface area contributed by atoms with E-state index in [2.05, 4.69) is 25.8 Å². The first-order valence-corrected chi connectivity index (χ1v) is 5.74. The van der Waals surface area contributed by atoms with Gasteiger partial charge in [0.1, 0.15) is 0 Å². The predicted molar refractivity (Wildman–Crippen MR) is 65.7 cm³/mol. The Morgan fingerprint density at radius 2 is 2.00 bits per heavy atom. The van der Waals surface area contributed by atoms with Gasteiger partial charge in [0.05, 0.1) is 11.4 Å². The maximum absolute atomic E-state index is 11.6. The molecule has 1 aromatic rings. The van der Waals surface area contributed by atoms with Crippen LogP contribution in [0.15, 0.2) is 0 Å². The summed E-state index contributed by atoms with van der Waals surface area (Å²) < 4.78 is 0. The average molecular weight is 237 g/mol. The Morgan fingerprint density at radius 3 is 2.59 bits per heavy atom. The molecule has 0 fully saturated rings. The van der Waals surface area contributed by atoms with Gasteiger partial charge in [0.2, 0.25) is 11.9 Å². The van der Waals surface area contributed by atoms with Crippen LogP contribution < -0.4 is 10.6 Å². The van der Waals surface area contributed by atoms with Crippen LogP contribution in [0.1, 0.15) is 31.7 Å². The number of carbonyl (C=O) groups is 1. The molecule has 0 saturated heterocycles. The predicted octanol–water partition coefficient (Wildman–Crippen LogP) is 0.815. The lowest BCUT2D eigenvalue weighted by molar-refractivity contribution is -0.116. The number of nitrogens with one attached hydrogen (secondary N) is 2. The molecule has 17 heavy (non-hydrogen) atoms. The average Bonchev–Trinajstić information content (AvgIpc) is 2.23. The quantitative estimate of drug-likeness (QED) is 0.792. The monoisotopic (exact) mass is 237 g/mol. The summed E-state index contributed by atoms with van der Waals surface area (Å²) in [5, 5.41) is 13.5. The van der Waals surface area contributed by atoms with Crippen molar-refractivity contribution in [1.82, 2.24) is 20.5 Å². The van der Waals surface area contributed by atoms with Crippen LogP contribution in [-0.4, -0.2) is 33.7 Å². The summed E-state index contributed by atoms with van der Waals surface area (Å²) in [5.41, 5.74) is 1.54. The standard InChI is InChI=1S/C11H19N5O/c1-5-12-7(2)6-10(17)14-11-13-8(3)9(4)15-16-11/h7,12H,5-6H2,1-4H3,(H,13,14,16,17). The fourth-order valence-corrected chi connectivity index (χ4v) is 1.38. The molecule has 2 N–H and O–H groups in total. The molecule has 6 nitrogen and oxygen atoms in total. The summed E-state index contributed by atoms with van der Waals surface area (Å²) in [5.74, 6) is 0.158. The zero-order valence-electron chi connectivity index (χ0n) is 10.7. The van der Waals surface area contributed by atoms with Crippen molar-refractivity contribution in [2.45, 2.75) is 40.2 Å². The molecule has 1 unspecified atom stereocenters. The number of aryl methyl sites for hydroxylation is 2. The second kappa shape index (κ2) is 6.24. The highest BCUT2D eigenvalue weighted by atomic mass is 16.1. The number of carbonyl (C=O) groups excluding carboxylic acids is 1. The second-order valence-electron chi connectivity index (χ2n) is 4.02. The molecule has 1 rings (SSSR count). The fraction of sp³-hybridized carbons (Fsp3) is 0.636. The Labute approximate surface area is 101 Å². The highest BCUT2D eigenvalue weighted by molar-refractivity contribution is 5.89. The van der Waals surface area contributed by atoms with Crippen molar-refractivity contribution < 1.29 is 4.79 Å². The van der Waals surface area contributed by atoms with E-state index in [0.717, 1.165) is 17.9 Å². The van der Waals surface area contributed by atoms with E-state index in [9.17, 15) is 4.79 Å². The number of amides is 1. The normalized spacial score (nSPS) is 12.2. The van der Waals surface area contributed by atoms with Gasteiger partial charge >= 0.3 is 0 Å². The number of nitrogens with zero attached hydrogens (tertiary/aromatic N) is 3. The van der Waals surface area contributed by atoms with Crippen LogP contribution in [-0.2, 0) is 4.79 Å². The molecule has 1 atom stereocenters. The van der Waals surface area contributed by atoms with E-state index in [1.807, 2.05) is 27.7 Å². The molecule has 0 bridgehead atoms. The summed E-state index contributed by atoms with van der Waals surface area (Å²) in [6.45, 7) is 8.47. The first kappa shape index (κ1) is 13.5. The molecule has 6 heteroatoms. The molecule has 0 aliphatic heterocycles. The third-order valence-electron chi connectivity index (χ3n) is 2.39. The van der Waals surface area contributed by atoms with Gasteiger partial charge in [-0.15, -0.1) is 5.10 Å². The summed E-state index contributed by atoms with van der Waals surface area (Å²) >= 11 is 0. The maximum atomic E-state index is 11.6. The van der Waals surface area contributed by atoms with Crippen LogP contribution in [0, 0.1) is 13.8 Å². The highest BCUT2D eigenvalue weighted by Gasteiger charge is 2.10. The van der Waals surface area contributed by atoms with Crippen molar-refractivity contribution in [2.75, 3.05) is 11.9 Å². The van der Waals surface area contributed by atoms with Crippen LogP contribution in [0.4, 0.5) is 5.95 Å². The smallest absolute Gasteiger partial charge is 0.249 e.